The molecule has 4 amide bonds. The van der Waals surface area contributed by atoms with Crippen molar-refractivity contribution in [3.8, 4) is 0 Å². The van der Waals surface area contributed by atoms with Crippen molar-refractivity contribution in [2.45, 2.75) is 57.2 Å². The Morgan fingerprint density at radius 1 is 0.886 bits per heavy atom. The molecule has 0 bridgehead atoms. The minimum atomic E-state index is -1.32. The molecule has 1 saturated carbocycles. The van der Waals surface area contributed by atoms with Crippen LogP contribution in [0.2, 0.25) is 0 Å². The van der Waals surface area contributed by atoms with Crippen molar-refractivity contribution >= 4 is 29.5 Å². The predicted molar refractivity (Wildman–Crippen MR) is 163 cm³/mol. The largest absolute Gasteiger partial charge is 0.481 e. The van der Waals surface area contributed by atoms with Gasteiger partial charge in [0.05, 0.1) is 18.4 Å². The molecule has 2 fully saturated rings. The van der Waals surface area contributed by atoms with Crippen LogP contribution < -0.4 is 10.6 Å². The number of benzene rings is 3. The fourth-order valence-corrected chi connectivity index (χ4v) is 6.39. The van der Waals surface area contributed by atoms with Gasteiger partial charge in [-0.3, -0.25) is 19.3 Å². The van der Waals surface area contributed by atoms with Gasteiger partial charge in [0, 0.05) is 18.8 Å². The predicted octanol–water partition coefficient (Wildman–Crippen LogP) is 5.44. The average Bonchev–Trinajstić information content (AvgIpc) is 3.69. The first-order valence-electron chi connectivity index (χ1n) is 15.0. The standard InChI is InChI=1S/C34H37FN4O5/c1-22-8-7-13-27(20-22)36-34(44)39-19-18-38(33(43)30(25-11-5-6-12-25)24-9-3-2-4-10-24)32(39)31(42)37-28(21-29(40)41)23-14-16-26(35)17-15-23/h2-4,7-10,13-17,20,25,28,30,32H,5-6,11-12,18-19,21H2,1H3,(H,36,44)(H,37,42)(H,40,41). The smallest absolute Gasteiger partial charge is 0.323 e. The van der Waals surface area contributed by atoms with Crippen LogP contribution in [0, 0.1) is 18.7 Å². The highest BCUT2D eigenvalue weighted by atomic mass is 19.1. The number of halogens is 1. The second-order valence-electron chi connectivity index (χ2n) is 11.5. The number of rotatable bonds is 9. The van der Waals surface area contributed by atoms with Gasteiger partial charge in [-0.15, -0.1) is 0 Å². The van der Waals surface area contributed by atoms with Crippen LogP contribution in [-0.4, -0.2) is 58.0 Å². The van der Waals surface area contributed by atoms with E-state index in [-0.39, 0.29) is 24.9 Å². The molecule has 0 spiro atoms. The van der Waals surface area contributed by atoms with Gasteiger partial charge in [0.25, 0.3) is 5.91 Å². The Labute approximate surface area is 256 Å². The van der Waals surface area contributed by atoms with Crippen LogP contribution in [-0.2, 0) is 14.4 Å². The van der Waals surface area contributed by atoms with E-state index in [4.69, 9.17) is 0 Å². The summed E-state index contributed by atoms with van der Waals surface area (Å²) in [5.74, 6) is -2.99. The van der Waals surface area contributed by atoms with Crippen molar-refractivity contribution in [3.63, 3.8) is 0 Å². The SMILES string of the molecule is Cc1cccc(NC(=O)N2CCN(C(=O)C(c3ccccc3)C3CCCC3)C2C(=O)NC(CC(=O)O)c2ccc(F)cc2)c1. The summed E-state index contributed by atoms with van der Waals surface area (Å²) in [4.78, 5) is 56.7. The number of carbonyl (C=O) groups is 4. The Hall–Kier alpha value is -4.73. The molecular formula is C34H37FN4O5. The minimum Gasteiger partial charge on any atom is -0.481 e. The number of urea groups is 1. The summed E-state index contributed by atoms with van der Waals surface area (Å²) >= 11 is 0. The van der Waals surface area contributed by atoms with E-state index in [0.29, 0.717) is 11.3 Å². The Kier molecular flexibility index (Phi) is 9.57. The van der Waals surface area contributed by atoms with E-state index >= 15 is 0 Å². The van der Waals surface area contributed by atoms with E-state index < -0.39 is 48.3 Å². The Bertz CT molecular complexity index is 1490. The van der Waals surface area contributed by atoms with Crippen molar-refractivity contribution in [1.29, 1.82) is 0 Å². The third-order valence-corrected chi connectivity index (χ3v) is 8.48. The summed E-state index contributed by atoms with van der Waals surface area (Å²) in [6.45, 7) is 2.13. The molecule has 3 unspecified atom stereocenters. The highest BCUT2D eigenvalue weighted by Gasteiger charge is 2.46. The van der Waals surface area contributed by atoms with E-state index in [1.807, 2.05) is 43.3 Å². The molecule has 0 radical (unpaired) electrons. The van der Waals surface area contributed by atoms with E-state index in [1.165, 1.54) is 34.1 Å². The number of aryl methyl sites for hydroxylation is 1. The van der Waals surface area contributed by atoms with Gasteiger partial charge in [0.15, 0.2) is 6.17 Å². The molecule has 1 aliphatic carbocycles. The zero-order chi connectivity index (χ0) is 31.2. The Balaban J connectivity index is 1.48. The van der Waals surface area contributed by atoms with Gasteiger partial charge in [0.2, 0.25) is 5.91 Å². The lowest BCUT2D eigenvalue weighted by Crippen LogP contribution is -2.56. The molecule has 1 saturated heterocycles. The third-order valence-electron chi connectivity index (χ3n) is 8.48. The number of carbonyl (C=O) groups excluding carboxylic acids is 3. The highest BCUT2D eigenvalue weighted by Crippen LogP contribution is 2.39. The second-order valence-corrected chi connectivity index (χ2v) is 11.5. The molecule has 230 valence electrons. The maximum absolute atomic E-state index is 14.4. The van der Waals surface area contributed by atoms with Crippen molar-refractivity contribution in [2.75, 3.05) is 18.4 Å². The van der Waals surface area contributed by atoms with Crippen LogP contribution in [0.4, 0.5) is 14.9 Å². The third kappa shape index (κ3) is 7.07. The number of hydrogen-bond donors (Lipinski definition) is 3. The number of hydrogen-bond acceptors (Lipinski definition) is 4. The Morgan fingerprint density at radius 3 is 2.23 bits per heavy atom. The molecule has 3 aromatic rings. The maximum Gasteiger partial charge on any atom is 0.323 e. The van der Waals surface area contributed by atoms with Crippen molar-refractivity contribution in [2.24, 2.45) is 5.92 Å². The normalized spacial score (nSPS) is 18.1. The number of nitrogens with one attached hydrogen (secondary N) is 2. The number of nitrogens with zero attached hydrogens (tertiary/aromatic N) is 2. The maximum atomic E-state index is 14.4. The summed E-state index contributed by atoms with van der Waals surface area (Å²) in [6.07, 6.45) is 2.02. The number of carboxylic acid groups (broad SMARTS) is 1. The molecule has 1 aliphatic heterocycles. The fraction of sp³-hybridized carbons (Fsp3) is 0.353. The van der Waals surface area contributed by atoms with Crippen LogP contribution in [0.3, 0.4) is 0 Å². The number of carboxylic acids is 1. The summed E-state index contributed by atoms with van der Waals surface area (Å²) in [7, 11) is 0. The number of amides is 4. The average molecular weight is 601 g/mol. The quantitative estimate of drug-likeness (QED) is 0.302. The van der Waals surface area contributed by atoms with E-state index in [2.05, 4.69) is 10.6 Å². The first-order chi connectivity index (χ1) is 21.2. The summed E-state index contributed by atoms with van der Waals surface area (Å²) in [6, 6.07) is 20.4. The van der Waals surface area contributed by atoms with E-state index in [0.717, 1.165) is 36.8 Å². The van der Waals surface area contributed by atoms with E-state index in [1.54, 1.807) is 18.2 Å². The topological polar surface area (TPSA) is 119 Å². The number of aliphatic carboxylic acids is 1. The molecular weight excluding hydrogens is 563 g/mol. The molecule has 0 aromatic heterocycles. The molecule has 10 heteroatoms. The first kappa shape index (κ1) is 30.7. The zero-order valence-corrected chi connectivity index (χ0v) is 24.6. The van der Waals surface area contributed by atoms with E-state index in [9.17, 15) is 28.7 Å². The van der Waals surface area contributed by atoms with Gasteiger partial charge in [-0.05, 0) is 66.6 Å². The van der Waals surface area contributed by atoms with Crippen molar-refractivity contribution in [3.05, 3.63) is 101 Å². The molecule has 3 aromatic carbocycles. The van der Waals surface area contributed by atoms with Crippen LogP contribution >= 0.6 is 0 Å². The van der Waals surface area contributed by atoms with Gasteiger partial charge in [-0.1, -0.05) is 67.4 Å². The molecule has 1 heterocycles. The first-order valence-corrected chi connectivity index (χ1v) is 15.0. The van der Waals surface area contributed by atoms with Crippen molar-refractivity contribution < 1.29 is 28.7 Å². The van der Waals surface area contributed by atoms with Crippen molar-refractivity contribution in [1.82, 2.24) is 15.1 Å². The van der Waals surface area contributed by atoms with Gasteiger partial charge < -0.3 is 20.6 Å². The lowest BCUT2D eigenvalue weighted by Gasteiger charge is -2.34. The van der Waals surface area contributed by atoms with Crippen LogP contribution in [0.25, 0.3) is 0 Å². The summed E-state index contributed by atoms with van der Waals surface area (Å²) < 4.78 is 13.6. The minimum absolute atomic E-state index is 0.0998. The van der Waals surface area contributed by atoms with Gasteiger partial charge >= 0.3 is 12.0 Å². The van der Waals surface area contributed by atoms with Gasteiger partial charge in [-0.2, -0.15) is 0 Å². The molecule has 9 nitrogen and oxygen atoms in total. The zero-order valence-electron chi connectivity index (χ0n) is 24.6. The lowest BCUT2D eigenvalue weighted by atomic mass is 9.83. The highest BCUT2D eigenvalue weighted by molar-refractivity contribution is 5.97. The van der Waals surface area contributed by atoms with Crippen LogP contribution in [0.15, 0.2) is 78.9 Å². The molecule has 3 atom stereocenters. The molecule has 5 rings (SSSR count). The summed E-state index contributed by atoms with van der Waals surface area (Å²) in [5, 5.41) is 15.2. The Morgan fingerprint density at radius 2 is 1.57 bits per heavy atom. The number of anilines is 1. The molecule has 44 heavy (non-hydrogen) atoms. The second kappa shape index (κ2) is 13.7. The monoisotopic (exact) mass is 600 g/mol. The van der Waals surface area contributed by atoms with Gasteiger partial charge in [0.1, 0.15) is 5.82 Å². The molecule has 2 aliphatic rings. The van der Waals surface area contributed by atoms with Crippen LogP contribution in [0.1, 0.15) is 60.8 Å². The lowest BCUT2D eigenvalue weighted by molar-refractivity contribution is -0.144. The van der Waals surface area contributed by atoms with Gasteiger partial charge in [-0.25, -0.2) is 9.18 Å². The van der Waals surface area contributed by atoms with Crippen LogP contribution in [0.5, 0.6) is 0 Å². The fourth-order valence-electron chi connectivity index (χ4n) is 6.39. The summed E-state index contributed by atoms with van der Waals surface area (Å²) in [5.41, 5.74) is 2.73. The molecule has 3 N–H and O–H groups in total.